The zero-order chi connectivity index (χ0) is 21.8. The molecule has 1 aromatic rings. The first-order valence-electron chi connectivity index (χ1n) is 10.1. The minimum atomic E-state index is -0.952. The molecule has 0 bridgehead atoms. The molecule has 0 fully saturated rings. The third-order valence-electron chi connectivity index (χ3n) is 5.20. The van der Waals surface area contributed by atoms with Gasteiger partial charge in [0.15, 0.2) is 0 Å². The number of rotatable bonds is 6. The Hall–Kier alpha value is -2.57. The Morgan fingerprint density at radius 3 is 2.41 bits per heavy atom. The second kappa shape index (κ2) is 9.29. The summed E-state index contributed by atoms with van der Waals surface area (Å²) in [5.41, 5.74) is 1.38. The number of carbonyl (C=O) groups excluding carboxylic acids is 2. The number of benzene rings is 1. The molecule has 1 aliphatic rings. The highest BCUT2D eigenvalue weighted by atomic mass is 16.6. The second-order valence-corrected chi connectivity index (χ2v) is 8.70. The van der Waals surface area contributed by atoms with Gasteiger partial charge in [-0.2, -0.15) is 0 Å². The van der Waals surface area contributed by atoms with Crippen molar-refractivity contribution in [3.8, 4) is 0 Å². The van der Waals surface area contributed by atoms with E-state index in [-0.39, 0.29) is 18.2 Å². The minimum absolute atomic E-state index is 0.127. The third kappa shape index (κ3) is 6.21. The van der Waals surface area contributed by atoms with Gasteiger partial charge in [-0.15, -0.1) is 0 Å². The van der Waals surface area contributed by atoms with E-state index in [0.29, 0.717) is 19.4 Å². The lowest BCUT2D eigenvalue weighted by molar-refractivity contribution is -0.143. The average molecular weight is 405 g/mol. The molecule has 0 spiro atoms. The van der Waals surface area contributed by atoms with E-state index in [9.17, 15) is 19.5 Å². The summed E-state index contributed by atoms with van der Waals surface area (Å²) in [4.78, 5) is 38.8. The maximum Gasteiger partial charge on any atom is 0.408 e. The SMILES string of the molecule is CCC(C)C(NC(=O)OC(C)(C)C)C(=O)N1Cc2ccccc2C[C@@H]1CC(=O)O. The number of alkyl carbamates (subject to hydrolysis) is 1. The molecule has 2 amide bonds. The molecule has 3 atom stereocenters. The molecule has 0 aliphatic carbocycles. The van der Waals surface area contributed by atoms with Crippen LogP contribution >= 0.6 is 0 Å². The van der Waals surface area contributed by atoms with E-state index in [4.69, 9.17) is 4.74 Å². The monoisotopic (exact) mass is 404 g/mol. The van der Waals surface area contributed by atoms with Crippen LogP contribution in [0.25, 0.3) is 0 Å². The molecule has 2 unspecified atom stereocenters. The Morgan fingerprint density at radius 2 is 1.86 bits per heavy atom. The summed E-state index contributed by atoms with van der Waals surface area (Å²) in [6.45, 7) is 9.45. The van der Waals surface area contributed by atoms with Gasteiger partial charge in [0.1, 0.15) is 11.6 Å². The number of nitrogens with zero attached hydrogens (tertiary/aromatic N) is 1. The number of aliphatic carboxylic acids is 1. The first-order chi connectivity index (χ1) is 13.5. The molecule has 0 saturated heterocycles. The van der Waals surface area contributed by atoms with Crippen molar-refractivity contribution in [2.45, 2.75) is 78.1 Å². The molecule has 7 heteroatoms. The lowest BCUT2D eigenvalue weighted by Gasteiger charge is -2.39. The summed E-state index contributed by atoms with van der Waals surface area (Å²) in [5.74, 6) is -1.35. The molecular formula is C22H32N2O5. The van der Waals surface area contributed by atoms with Crippen LogP contribution in [-0.4, -0.2) is 45.7 Å². The zero-order valence-corrected chi connectivity index (χ0v) is 17.9. The fourth-order valence-corrected chi connectivity index (χ4v) is 3.53. The quantitative estimate of drug-likeness (QED) is 0.758. The maximum absolute atomic E-state index is 13.5. The van der Waals surface area contributed by atoms with Crippen LogP contribution in [0.2, 0.25) is 0 Å². The van der Waals surface area contributed by atoms with Crippen LogP contribution < -0.4 is 5.32 Å². The van der Waals surface area contributed by atoms with Crippen molar-refractivity contribution >= 4 is 18.0 Å². The van der Waals surface area contributed by atoms with E-state index < -0.39 is 29.7 Å². The van der Waals surface area contributed by atoms with Gasteiger partial charge in [0, 0.05) is 12.6 Å². The molecule has 1 aliphatic heterocycles. The first kappa shape index (κ1) is 22.7. The van der Waals surface area contributed by atoms with Crippen LogP contribution in [-0.2, 0) is 27.3 Å². The van der Waals surface area contributed by atoms with Crippen molar-refractivity contribution in [3.05, 3.63) is 35.4 Å². The number of carboxylic acid groups (broad SMARTS) is 1. The molecule has 2 N–H and O–H groups in total. The minimum Gasteiger partial charge on any atom is -0.481 e. The highest BCUT2D eigenvalue weighted by molar-refractivity contribution is 5.87. The van der Waals surface area contributed by atoms with Crippen molar-refractivity contribution in [1.82, 2.24) is 10.2 Å². The van der Waals surface area contributed by atoms with E-state index in [1.807, 2.05) is 38.1 Å². The predicted octanol–water partition coefficient (Wildman–Crippen LogP) is 3.35. The maximum atomic E-state index is 13.5. The summed E-state index contributed by atoms with van der Waals surface area (Å²) in [7, 11) is 0. The van der Waals surface area contributed by atoms with Crippen molar-refractivity contribution in [3.63, 3.8) is 0 Å². The molecule has 29 heavy (non-hydrogen) atoms. The van der Waals surface area contributed by atoms with Gasteiger partial charge in [0.25, 0.3) is 0 Å². The van der Waals surface area contributed by atoms with E-state index >= 15 is 0 Å². The summed E-state index contributed by atoms with van der Waals surface area (Å²) in [6.07, 6.45) is 0.372. The number of hydrogen-bond acceptors (Lipinski definition) is 4. The van der Waals surface area contributed by atoms with Crippen LogP contribution in [0.1, 0.15) is 58.6 Å². The average Bonchev–Trinajstić information content (AvgIpc) is 2.62. The number of ether oxygens (including phenoxy) is 1. The highest BCUT2D eigenvalue weighted by Gasteiger charge is 2.37. The van der Waals surface area contributed by atoms with Gasteiger partial charge >= 0.3 is 12.1 Å². The van der Waals surface area contributed by atoms with Gasteiger partial charge in [-0.05, 0) is 44.2 Å². The number of nitrogens with one attached hydrogen (secondary N) is 1. The van der Waals surface area contributed by atoms with Crippen molar-refractivity contribution in [2.24, 2.45) is 5.92 Å². The largest absolute Gasteiger partial charge is 0.481 e. The Morgan fingerprint density at radius 1 is 1.24 bits per heavy atom. The Bertz CT molecular complexity index is 756. The molecule has 2 rings (SSSR count). The van der Waals surface area contributed by atoms with Crippen LogP contribution in [0.5, 0.6) is 0 Å². The topological polar surface area (TPSA) is 95.9 Å². The summed E-state index contributed by atoms with van der Waals surface area (Å²) >= 11 is 0. The molecule has 0 saturated carbocycles. The van der Waals surface area contributed by atoms with Gasteiger partial charge < -0.3 is 20.1 Å². The Balaban J connectivity index is 2.28. The normalized spacial score (nSPS) is 18.4. The first-order valence-corrected chi connectivity index (χ1v) is 10.1. The van der Waals surface area contributed by atoms with Crippen LogP contribution in [0.4, 0.5) is 4.79 Å². The van der Waals surface area contributed by atoms with Crippen molar-refractivity contribution < 1.29 is 24.2 Å². The standard InChI is InChI=1S/C22H32N2O5/c1-6-14(2)19(23-21(28)29-22(3,4)5)20(27)24-13-16-10-8-7-9-15(16)11-17(24)12-18(25)26/h7-10,14,17,19H,6,11-13H2,1-5H3,(H,23,28)(H,25,26)/t14?,17-,19?/m1/s1. The van der Waals surface area contributed by atoms with Crippen molar-refractivity contribution in [2.75, 3.05) is 0 Å². The van der Waals surface area contributed by atoms with E-state index in [1.165, 1.54) is 0 Å². The fraction of sp³-hybridized carbons (Fsp3) is 0.591. The van der Waals surface area contributed by atoms with Gasteiger partial charge in [0.2, 0.25) is 5.91 Å². The molecule has 1 heterocycles. The Labute approximate surface area is 172 Å². The number of amides is 2. The van der Waals surface area contributed by atoms with Crippen molar-refractivity contribution in [1.29, 1.82) is 0 Å². The number of fused-ring (bicyclic) bond motifs is 1. The van der Waals surface area contributed by atoms with E-state index in [0.717, 1.165) is 11.1 Å². The second-order valence-electron chi connectivity index (χ2n) is 8.70. The van der Waals surface area contributed by atoms with Crippen LogP contribution in [0.3, 0.4) is 0 Å². The lowest BCUT2D eigenvalue weighted by Crippen LogP contribution is -2.56. The highest BCUT2D eigenvalue weighted by Crippen LogP contribution is 2.27. The van der Waals surface area contributed by atoms with E-state index in [2.05, 4.69) is 5.32 Å². The number of hydrogen-bond donors (Lipinski definition) is 2. The van der Waals surface area contributed by atoms with Gasteiger partial charge in [-0.1, -0.05) is 44.5 Å². The van der Waals surface area contributed by atoms with Gasteiger partial charge in [0.05, 0.1) is 6.42 Å². The van der Waals surface area contributed by atoms with Crippen LogP contribution in [0.15, 0.2) is 24.3 Å². The van der Waals surface area contributed by atoms with Gasteiger partial charge in [-0.3, -0.25) is 9.59 Å². The molecule has 160 valence electrons. The Kier molecular flexibility index (Phi) is 7.27. The molecule has 0 aromatic heterocycles. The third-order valence-corrected chi connectivity index (χ3v) is 5.20. The fourth-order valence-electron chi connectivity index (χ4n) is 3.53. The summed E-state index contributed by atoms with van der Waals surface area (Å²) in [6, 6.07) is 6.51. The lowest BCUT2D eigenvalue weighted by atomic mass is 9.90. The summed E-state index contributed by atoms with van der Waals surface area (Å²) < 4.78 is 5.33. The van der Waals surface area contributed by atoms with Crippen LogP contribution in [0, 0.1) is 5.92 Å². The summed E-state index contributed by atoms with van der Waals surface area (Å²) in [5, 5.41) is 12.1. The number of carbonyl (C=O) groups is 3. The van der Waals surface area contributed by atoms with Gasteiger partial charge in [-0.25, -0.2) is 4.79 Å². The zero-order valence-electron chi connectivity index (χ0n) is 17.9. The molecule has 0 radical (unpaired) electrons. The van der Waals surface area contributed by atoms with E-state index in [1.54, 1.807) is 25.7 Å². The molecule has 7 nitrogen and oxygen atoms in total. The molecule has 1 aromatic carbocycles. The number of carboxylic acids is 1. The smallest absolute Gasteiger partial charge is 0.408 e. The predicted molar refractivity (Wildman–Crippen MR) is 109 cm³/mol. The molecular weight excluding hydrogens is 372 g/mol.